The molecule has 1 heterocycles. The van der Waals surface area contributed by atoms with E-state index in [1.54, 1.807) is 12.4 Å². The normalized spacial score (nSPS) is 10.7. The van der Waals surface area contributed by atoms with Gasteiger partial charge < -0.3 is 10.1 Å². The zero-order valence-corrected chi connectivity index (χ0v) is 11.7. The van der Waals surface area contributed by atoms with Gasteiger partial charge in [-0.2, -0.15) is 0 Å². The van der Waals surface area contributed by atoms with E-state index in [-0.39, 0.29) is 0 Å². The third-order valence-electron chi connectivity index (χ3n) is 2.52. The zero-order chi connectivity index (χ0) is 13.4. The molecule has 0 spiro atoms. The van der Waals surface area contributed by atoms with Crippen LogP contribution in [0.1, 0.15) is 32.8 Å². The van der Waals surface area contributed by atoms with E-state index in [9.17, 15) is 0 Å². The highest BCUT2D eigenvalue weighted by molar-refractivity contribution is 5.29. The van der Waals surface area contributed by atoms with Crippen LogP contribution < -0.4 is 10.1 Å². The van der Waals surface area contributed by atoms with Crippen molar-refractivity contribution in [2.75, 3.05) is 13.2 Å². The first-order chi connectivity index (χ1) is 8.59. The standard InChI is InChI=1S/C15H24N2O/c1-12(2)6-8-18-15-11-16-7-5-14(15)10-17-9-13(3)4/h5,7,11,13,17H,1,6,8-10H2,2-4H3. The van der Waals surface area contributed by atoms with Crippen LogP contribution in [0.25, 0.3) is 0 Å². The summed E-state index contributed by atoms with van der Waals surface area (Å²) in [6.07, 6.45) is 4.47. The molecule has 0 bridgehead atoms. The maximum atomic E-state index is 5.74. The van der Waals surface area contributed by atoms with E-state index >= 15 is 0 Å². The largest absolute Gasteiger partial charge is 0.491 e. The highest BCUT2D eigenvalue weighted by Gasteiger charge is 2.03. The monoisotopic (exact) mass is 248 g/mol. The molecular weight excluding hydrogens is 224 g/mol. The van der Waals surface area contributed by atoms with Crippen LogP contribution in [0.4, 0.5) is 0 Å². The maximum Gasteiger partial charge on any atom is 0.142 e. The molecule has 0 saturated heterocycles. The Hall–Kier alpha value is -1.35. The first kappa shape index (κ1) is 14.7. The smallest absolute Gasteiger partial charge is 0.142 e. The van der Waals surface area contributed by atoms with Crippen LogP contribution in [0.5, 0.6) is 5.75 Å². The van der Waals surface area contributed by atoms with Gasteiger partial charge in [0, 0.05) is 24.7 Å². The number of nitrogens with one attached hydrogen (secondary N) is 1. The minimum absolute atomic E-state index is 0.652. The molecule has 0 amide bonds. The van der Waals surface area contributed by atoms with Gasteiger partial charge in [-0.3, -0.25) is 4.98 Å². The molecule has 0 aliphatic carbocycles. The van der Waals surface area contributed by atoms with Gasteiger partial charge in [-0.25, -0.2) is 0 Å². The van der Waals surface area contributed by atoms with E-state index in [0.29, 0.717) is 12.5 Å². The summed E-state index contributed by atoms with van der Waals surface area (Å²) < 4.78 is 5.74. The number of rotatable bonds is 8. The van der Waals surface area contributed by atoms with Crippen LogP contribution in [0, 0.1) is 5.92 Å². The summed E-state index contributed by atoms with van der Waals surface area (Å²) in [6, 6.07) is 2.00. The van der Waals surface area contributed by atoms with Crippen molar-refractivity contribution in [1.29, 1.82) is 0 Å². The average molecular weight is 248 g/mol. The van der Waals surface area contributed by atoms with Crippen LogP contribution in [0.15, 0.2) is 30.6 Å². The van der Waals surface area contributed by atoms with Gasteiger partial charge >= 0.3 is 0 Å². The van der Waals surface area contributed by atoms with E-state index in [1.807, 2.05) is 13.0 Å². The van der Waals surface area contributed by atoms with E-state index < -0.39 is 0 Å². The fourth-order valence-corrected chi connectivity index (χ4v) is 1.52. The second kappa shape index (κ2) is 7.88. The molecule has 0 atom stereocenters. The topological polar surface area (TPSA) is 34.1 Å². The fraction of sp³-hybridized carbons (Fsp3) is 0.533. The minimum Gasteiger partial charge on any atom is -0.491 e. The summed E-state index contributed by atoms with van der Waals surface area (Å²) in [5.41, 5.74) is 2.30. The lowest BCUT2D eigenvalue weighted by Gasteiger charge is -2.12. The van der Waals surface area contributed by atoms with Gasteiger partial charge in [0.05, 0.1) is 12.8 Å². The Kier molecular flexibility index (Phi) is 6.44. The number of ether oxygens (including phenoxy) is 1. The van der Waals surface area contributed by atoms with E-state index in [0.717, 1.165) is 36.4 Å². The molecule has 100 valence electrons. The van der Waals surface area contributed by atoms with Gasteiger partial charge in [-0.05, 0) is 25.5 Å². The zero-order valence-electron chi connectivity index (χ0n) is 11.7. The first-order valence-corrected chi connectivity index (χ1v) is 6.50. The molecule has 1 rings (SSSR count). The Morgan fingerprint density at radius 1 is 1.50 bits per heavy atom. The molecule has 3 heteroatoms. The Bertz CT molecular complexity index is 375. The van der Waals surface area contributed by atoms with E-state index in [4.69, 9.17) is 4.74 Å². The number of hydrogen-bond donors (Lipinski definition) is 1. The van der Waals surface area contributed by atoms with Crippen LogP contribution in [-0.2, 0) is 6.54 Å². The van der Waals surface area contributed by atoms with Gasteiger partial charge in [0.25, 0.3) is 0 Å². The molecule has 1 aromatic heterocycles. The summed E-state index contributed by atoms with van der Waals surface area (Å²) in [6.45, 7) is 12.8. The lowest BCUT2D eigenvalue weighted by Crippen LogP contribution is -2.19. The third kappa shape index (κ3) is 5.82. The van der Waals surface area contributed by atoms with Crippen molar-refractivity contribution in [3.8, 4) is 5.75 Å². The lowest BCUT2D eigenvalue weighted by atomic mass is 10.2. The van der Waals surface area contributed by atoms with Gasteiger partial charge in [0.2, 0.25) is 0 Å². The van der Waals surface area contributed by atoms with Crippen molar-refractivity contribution in [2.24, 2.45) is 5.92 Å². The molecule has 0 aromatic carbocycles. The Balaban J connectivity index is 2.48. The molecule has 1 N–H and O–H groups in total. The third-order valence-corrected chi connectivity index (χ3v) is 2.52. The Morgan fingerprint density at radius 3 is 2.94 bits per heavy atom. The maximum absolute atomic E-state index is 5.74. The molecule has 0 saturated carbocycles. The van der Waals surface area contributed by atoms with Crippen molar-refractivity contribution < 1.29 is 4.74 Å². The molecular formula is C15H24N2O. The number of hydrogen-bond acceptors (Lipinski definition) is 3. The van der Waals surface area contributed by atoms with Crippen molar-refractivity contribution in [2.45, 2.75) is 33.7 Å². The van der Waals surface area contributed by atoms with Crippen LogP contribution in [0.3, 0.4) is 0 Å². The molecule has 0 fully saturated rings. The summed E-state index contributed by atoms with van der Waals surface area (Å²) in [5.74, 6) is 1.52. The van der Waals surface area contributed by atoms with E-state index in [2.05, 4.69) is 30.7 Å². The molecule has 1 aromatic rings. The Labute approximate surface area is 110 Å². The predicted molar refractivity (Wildman–Crippen MR) is 75.7 cm³/mol. The van der Waals surface area contributed by atoms with Crippen molar-refractivity contribution in [1.82, 2.24) is 10.3 Å². The second-order valence-corrected chi connectivity index (χ2v) is 5.06. The summed E-state index contributed by atoms with van der Waals surface area (Å²) >= 11 is 0. The molecule has 3 nitrogen and oxygen atoms in total. The SMILES string of the molecule is C=C(C)CCOc1cnccc1CNCC(C)C. The number of nitrogens with zero attached hydrogens (tertiary/aromatic N) is 1. The van der Waals surface area contributed by atoms with Crippen molar-refractivity contribution in [3.05, 3.63) is 36.2 Å². The van der Waals surface area contributed by atoms with Crippen molar-refractivity contribution >= 4 is 0 Å². The van der Waals surface area contributed by atoms with Crippen LogP contribution >= 0.6 is 0 Å². The quantitative estimate of drug-likeness (QED) is 0.717. The summed E-state index contributed by atoms with van der Waals surface area (Å²) in [5, 5.41) is 3.42. The highest BCUT2D eigenvalue weighted by Crippen LogP contribution is 2.16. The van der Waals surface area contributed by atoms with Crippen LogP contribution in [-0.4, -0.2) is 18.1 Å². The van der Waals surface area contributed by atoms with Gasteiger partial charge in [0.15, 0.2) is 0 Å². The van der Waals surface area contributed by atoms with Crippen molar-refractivity contribution in [3.63, 3.8) is 0 Å². The molecule has 0 radical (unpaired) electrons. The van der Waals surface area contributed by atoms with Crippen LogP contribution in [0.2, 0.25) is 0 Å². The Morgan fingerprint density at radius 2 is 2.28 bits per heavy atom. The molecule has 0 aliphatic heterocycles. The lowest BCUT2D eigenvalue weighted by molar-refractivity contribution is 0.316. The molecule has 0 aliphatic rings. The highest BCUT2D eigenvalue weighted by atomic mass is 16.5. The second-order valence-electron chi connectivity index (χ2n) is 5.06. The summed E-state index contributed by atoms with van der Waals surface area (Å²) in [7, 11) is 0. The predicted octanol–water partition coefficient (Wildman–Crippen LogP) is 3.17. The molecule has 18 heavy (non-hydrogen) atoms. The average Bonchev–Trinajstić information content (AvgIpc) is 2.30. The molecule has 0 unspecified atom stereocenters. The van der Waals surface area contributed by atoms with Gasteiger partial charge in [0.1, 0.15) is 5.75 Å². The van der Waals surface area contributed by atoms with Gasteiger partial charge in [-0.1, -0.05) is 19.4 Å². The van der Waals surface area contributed by atoms with Gasteiger partial charge in [-0.15, -0.1) is 6.58 Å². The fourth-order valence-electron chi connectivity index (χ4n) is 1.52. The van der Waals surface area contributed by atoms with E-state index in [1.165, 1.54) is 0 Å². The number of aromatic nitrogens is 1. The summed E-state index contributed by atoms with van der Waals surface area (Å²) in [4.78, 5) is 4.11. The first-order valence-electron chi connectivity index (χ1n) is 6.50. The minimum atomic E-state index is 0.652. The number of pyridine rings is 1.